The zero-order valence-electron chi connectivity index (χ0n) is 22.2. The third-order valence-electron chi connectivity index (χ3n) is 7.28. The smallest absolute Gasteiger partial charge is 0.335 e. The summed E-state index contributed by atoms with van der Waals surface area (Å²) in [4.78, 5) is 29.7. The van der Waals surface area contributed by atoms with Crippen LogP contribution in [0.15, 0.2) is 109 Å². The lowest BCUT2D eigenvalue weighted by Gasteiger charge is -2.17. The number of fused-ring (bicyclic) bond motifs is 2. The van der Waals surface area contributed by atoms with Crippen LogP contribution in [0, 0.1) is 5.82 Å². The Morgan fingerprint density at radius 3 is 2.39 bits per heavy atom. The third kappa shape index (κ3) is 5.17. The third-order valence-corrected chi connectivity index (χ3v) is 7.28. The molecule has 0 saturated heterocycles. The number of imidazole rings is 1. The number of halogens is 1. The summed E-state index contributed by atoms with van der Waals surface area (Å²) in [5, 5.41) is 13.6. The lowest BCUT2D eigenvalue weighted by Crippen LogP contribution is -2.28. The number of amides is 1. The molecule has 0 unspecified atom stereocenters. The van der Waals surface area contributed by atoms with Gasteiger partial charge in [-0.2, -0.15) is 0 Å². The topological polar surface area (TPSA) is 83.7 Å². The van der Waals surface area contributed by atoms with Gasteiger partial charge < -0.3 is 10.4 Å². The van der Waals surface area contributed by atoms with Crippen molar-refractivity contribution in [1.82, 2.24) is 14.7 Å². The first-order chi connectivity index (χ1) is 19.9. The van der Waals surface area contributed by atoms with E-state index >= 15 is 0 Å². The fourth-order valence-electron chi connectivity index (χ4n) is 5.16. The Hall–Kier alpha value is -5.30. The molecule has 0 aliphatic rings. The molecule has 1 atom stereocenters. The van der Waals surface area contributed by atoms with E-state index in [-0.39, 0.29) is 23.3 Å². The molecule has 0 radical (unpaired) electrons. The zero-order chi connectivity index (χ0) is 28.5. The maximum Gasteiger partial charge on any atom is 0.335 e. The van der Waals surface area contributed by atoms with Gasteiger partial charge in [0.25, 0.3) is 5.91 Å². The highest BCUT2D eigenvalue weighted by Crippen LogP contribution is 2.27. The monoisotopic (exact) mass is 543 g/mol. The number of aromatic nitrogens is 2. The predicted octanol–water partition coefficient (Wildman–Crippen LogP) is 7.07. The van der Waals surface area contributed by atoms with Crippen LogP contribution in [-0.4, -0.2) is 26.4 Å². The van der Waals surface area contributed by atoms with Crippen molar-refractivity contribution in [2.45, 2.75) is 19.4 Å². The summed E-state index contributed by atoms with van der Waals surface area (Å²) >= 11 is 0. The molecule has 0 aliphatic carbocycles. The number of nitrogens with one attached hydrogen (secondary N) is 1. The van der Waals surface area contributed by atoms with Gasteiger partial charge in [0.2, 0.25) is 0 Å². The van der Waals surface area contributed by atoms with Crippen LogP contribution in [0.3, 0.4) is 0 Å². The molecule has 0 spiro atoms. The normalized spacial score (nSPS) is 12.0. The Morgan fingerprint density at radius 2 is 1.63 bits per heavy atom. The van der Waals surface area contributed by atoms with Crippen LogP contribution in [0.5, 0.6) is 0 Å². The van der Waals surface area contributed by atoms with Crippen molar-refractivity contribution in [3.05, 3.63) is 143 Å². The fraction of sp³-hybridized carbons (Fsp3) is 0.0882. The van der Waals surface area contributed by atoms with Crippen molar-refractivity contribution in [3.8, 4) is 11.1 Å². The minimum absolute atomic E-state index is 0.178. The predicted molar refractivity (Wildman–Crippen MR) is 157 cm³/mol. The van der Waals surface area contributed by atoms with E-state index in [0.29, 0.717) is 23.3 Å². The van der Waals surface area contributed by atoms with E-state index in [9.17, 15) is 19.1 Å². The second kappa shape index (κ2) is 10.7. The second-order valence-corrected chi connectivity index (χ2v) is 10.0. The summed E-state index contributed by atoms with van der Waals surface area (Å²) in [6.07, 6.45) is 2.05. The molecular weight excluding hydrogens is 517 g/mol. The first-order valence-electron chi connectivity index (χ1n) is 13.2. The largest absolute Gasteiger partial charge is 0.478 e. The Bertz CT molecular complexity index is 1910. The molecule has 0 saturated carbocycles. The number of rotatable bonds is 7. The van der Waals surface area contributed by atoms with Crippen molar-refractivity contribution in [2.75, 3.05) is 0 Å². The molecule has 202 valence electrons. The number of carboxylic acid groups (broad SMARTS) is 1. The molecule has 4 aromatic carbocycles. The van der Waals surface area contributed by atoms with Gasteiger partial charge in [0, 0.05) is 11.8 Å². The number of carboxylic acids is 1. The molecule has 6 rings (SSSR count). The average molecular weight is 544 g/mol. The van der Waals surface area contributed by atoms with Gasteiger partial charge in [0.1, 0.15) is 17.3 Å². The van der Waals surface area contributed by atoms with E-state index < -0.39 is 5.97 Å². The standard InChI is InChI=1S/C34H26FN3O3/c1-21(23-11-13-25(14-12-23)34(40)41)37-33(39)31-19-27(24-7-3-2-4-8-24)18-28-20-36-32(38(28)31)17-22-15-26-9-5-6-10-29(26)30(35)16-22/h2-16,18-21H,17H2,1H3,(H,37,39)(H,40,41)/t21-/m0/s1. The van der Waals surface area contributed by atoms with Crippen LogP contribution in [0.4, 0.5) is 4.39 Å². The van der Waals surface area contributed by atoms with Crippen LogP contribution >= 0.6 is 0 Å². The van der Waals surface area contributed by atoms with Gasteiger partial charge in [-0.25, -0.2) is 14.2 Å². The number of carbonyl (C=O) groups excluding carboxylic acids is 1. The highest BCUT2D eigenvalue weighted by Gasteiger charge is 2.20. The second-order valence-electron chi connectivity index (χ2n) is 10.0. The van der Waals surface area contributed by atoms with Crippen molar-refractivity contribution in [2.24, 2.45) is 0 Å². The molecule has 2 aromatic heterocycles. The van der Waals surface area contributed by atoms with Crippen LogP contribution in [0.25, 0.3) is 27.4 Å². The molecule has 6 nitrogen and oxygen atoms in total. The molecule has 2 N–H and O–H groups in total. The number of aromatic carboxylic acids is 1. The molecule has 7 heteroatoms. The number of carbonyl (C=O) groups is 2. The van der Waals surface area contributed by atoms with E-state index in [2.05, 4.69) is 10.3 Å². The SMILES string of the molecule is C[C@H](NC(=O)c1cc(-c2ccccc2)cc2cnc(Cc3cc(F)c4ccccc4c3)n12)c1ccc(C(=O)O)cc1. The number of hydrogen-bond donors (Lipinski definition) is 2. The fourth-order valence-corrected chi connectivity index (χ4v) is 5.16. The Kier molecular flexibility index (Phi) is 6.77. The van der Waals surface area contributed by atoms with Gasteiger partial charge in [-0.15, -0.1) is 0 Å². The molecule has 1 amide bonds. The molecule has 0 bridgehead atoms. The maximum absolute atomic E-state index is 14.9. The Balaban J connectivity index is 1.40. The average Bonchev–Trinajstić information content (AvgIpc) is 3.39. The lowest BCUT2D eigenvalue weighted by molar-refractivity contribution is 0.0696. The van der Waals surface area contributed by atoms with Crippen LogP contribution in [0.1, 0.15) is 50.8 Å². The van der Waals surface area contributed by atoms with E-state index in [1.165, 1.54) is 18.2 Å². The summed E-state index contributed by atoms with van der Waals surface area (Å²) in [5.74, 6) is -1.01. The molecule has 0 aliphatic heterocycles. The van der Waals surface area contributed by atoms with Crippen molar-refractivity contribution in [3.63, 3.8) is 0 Å². The molecule has 0 fully saturated rings. The molecular formula is C34H26FN3O3. The lowest BCUT2D eigenvalue weighted by atomic mass is 10.0. The van der Waals surface area contributed by atoms with Gasteiger partial charge in [-0.1, -0.05) is 72.8 Å². The van der Waals surface area contributed by atoms with Gasteiger partial charge >= 0.3 is 5.97 Å². The zero-order valence-corrected chi connectivity index (χ0v) is 22.2. The minimum atomic E-state index is -1.01. The maximum atomic E-state index is 14.9. The minimum Gasteiger partial charge on any atom is -0.478 e. The Morgan fingerprint density at radius 1 is 0.902 bits per heavy atom. The van der Waals surface area contributed by atoms with Gasteiger partial charge in [0.05, 0.1) is 23.3 Å². The van der Waals surface area contributed by atoms with Gasteiger partial charge in [-0.3, -0.25) is 9.20 Å². The number of hydrogen-bond acceptors (Lipinski definition) is 3. The first-order valence-corrected chi connectivity index (χ1v) is 13.2. The van der Waals surface area contributed by atoms with Crippen LogP contribution < -0.4 is 5.32 Å². The highest BCUT2D eigenvalue weighted by molar-refractivity contribution is 5.95. The van der Waals surface area contributed by atoms with Gasteiger partial charge in [-0.05, 0) is 64.9 Å². The van der Waals surface area contributed by atoms with E-state index in [0.717, 1.165) is 33.2 Å². The first kappa shape index (κ1) is 26.0. The summed E-state index contributed by atoms with van der Waals surface area (Å²) < 4.78 is 16.7. The van der Waals surface area contributed by atoms with Crippen LogP contribution in [-0.2, 0) is 6.42 Å². The van der Waals surface area contributed by atoms with E-state index in [1.54, 1.807) is 24.4 Å². The summed E-state index contributed by atoms with van der Waals surface area (Å²) in [6, 6.07) is 30.4. The summed E-state index contributed by atoms with van der Waals surface area (Å²) in [7, 11) is 0. The quantitative estimate of drug-likeness (QED) is 0.226. The number of nitrogens with zero attached hydrogens (tertiary/aromatic N) is 2. The van der Waals surface area contributed by atoms with Gasteiger partial charge in [0.15, 0.2) is 0 Å². The van der Waals surface area contributed by atoms with E-state index in [1.807, 2.05) is 78.1 Å². The van der Waals surface area contributed by atoms with Crippen molar-refractivity contribution >= 4 is 28.2 Å². The summed E-state index contributed by atoms with van der Waals surface area (Å²) in [5.41, 5.74) is 4.66. The van der Waals surface area contributed by atoms with Crippen molar-refractivity contribution in [1.29, 1.82) is 0 Å². The molecule has 6 aromatic rings. The number of pyridine rings is 1. The summed E-state index contributed by atoms with van der Waals surface area (Å²) in [6.45, 7) is 1.85. The molecule has 2 heterocycles. The van der Waals surface area contributed by atoms with Crippen molar-refractivity contribution < 1.29 is 19.1 Å². The van der Waals surface area contributed by atoms with Crippen LogP contribution in [0.2, 0.25) is 0 Å². The highest BCUT2D eigenvalue weighted by atomic mass is 19.1. The molecule has 41 heavy (non-hydrogen) atoms. The van der Waals surface area contributed by atoms with E-state index in [4.69, 9.17) is 0 Å². The Labute approximate surface area is 235 Å². The number of benzene rings is 4.